The van der Waals surface area contributed by atoms with Crippen LogP contribution >= 0.6 is 27.5 Å². The van der Waals surface area contributed by atoms with Crippen molar-refractivity contribution in [2.24, 2.45) is 5.73 Å². The summed E-state index contributed by atoms with van der Waals surface area (Å²) in [7, 11) is 1.78. The van der Waals surface area contributed by atoms with Crippen LogP contribution in [-0.4, -0.2) is 37.2 Å². The normalized spacial score (nSPS) is 24.6. The van der Waals surface area contributed by atoms with Gasteiger partial charge in [0.2, 0.25) is 0 Å². The van der Waals surface area contributed by atoms with E-state index >= 15 is 0 Å². The summed E-state index contributed by atoms with van der Waals surface area (Å²) >= 11 is 9.71. The Hall–Kier alpha value is -0.130. The first-order chi connectivity index (χ1) is 9.13. The van der Waals surface area contributed by atoms with E-state index in [9.17, 15) is 0 Å². The second-order valence-electron chi connectivity index (χ2n) is 4.98. The van der Waals surface area contributed by atoms with E-state index in [1.807, 2.05) is 12.1 Å². The Balaban J connectivity index is 2.05. The highest BCUT2D eigenvalue weighted by Crippen LogP contribution is 2.26. The maximum atomic E-state index is 6.28. The number of nitrogens with zero attached hydrogens (tertiary/aromatic N) is 1. The molecule has 2 atom stereocenters. The predicted molar refractivity (Wildman–Crippen MR) is 82.4 cm³/mol. The lowest BCUT2D eigenvalue weighted by atomic mass is 9.98. The van der Waals surface area contributed by atoms with E-state index in [0.29, 0.717) is 18.7 Å². The number of benzene rings is 1. The molecule has 2 rings (SSSR count). The van der Waals surface area contributed by atoms with Crippen molar-refractivity contribution in [3.63, 3.8) is 0 Å². The number of nitrogens with two attached hydrogens (primary N) is 1. The zero-order valence-corrected chi connectivity index (χ0v) is 13.5. The molecule has 1 aliphatic heterocycles. The van der Waals surface area contributed by atoms with Crippen LogP contribution in [-0.2, 0) is 11.3 Å². The van der Waals surface area contributed by atoms with Gasteiger partial charge in [0.15, 0.2) is 0 Å². The third-order valence-corrected chi connectivity index (χ3v) is 4.63. The standard InChI is InChI=1S/C14H20BrClN2O/c1-19-13-4-5-18(12(7-13)8-17)9-10-2-3-11(15)6-14(10)16/h2-3,6,12-13H,4-5,7-9,17H2,1H3. The quantitative estimate of drug-likeness (QED) is 0.910. The van der Waals surface area contributed by atoms with Gasteiger partial charge in [0, 0.05) is 42.3 Å². The number of halogens is 2. The highest BCUT2D eigenvalue weighted by molar-refractivity contribution is 9.10. The van der Waals surface area contributed by atoms with Crippen molar-refractivity contribution >= 4 is 27.5 Å². The smallest absolute Gasteiger partial charge is 0.0599 e. The fraction of sp³-hybridized carbons (Fsp3) is 0.571. The predicted octanol–water partition coefficient (Wildman–Crippen LogP) is 3.04. The molecule has 2 unspecified atom stereocenters. The van der Waals surface area contributed by atoms with Gasteiger partial charge in [-0.2, -0.15) is 0 Å². The summed E-state index contributed by atoms with van der Waals surface area (Å²) in [4.78, 5) is 2.41. The molecule has 1 heterocycles. The van der Waals surface area contributed by atoms with Gasteiger partial charge in [-0.15, -0.1) is 0 Å². The average molecular weight is 348 g/mol. The third-order valence-electron chi connectivity index (χ3n) is 3.78. The van der Waals surface area contributed by atoms with Gasteiger partial charge in [-0.3, -0.25) is 4.90 Å². The van der Waals surface area contributed by atoms with Crippen LogP contribution in [0.2, 0.25) is 5.02 Å². The molecule has 2 N–H and O–H groups in total. The fourth-order valence-electron chi connectivity index (χ4n) is 2.60. The lowest BCUT2D eigenvalue weighted by Crippen LogP contribution is -2.48. The van der Waals surface area contributed by atoms with Gasteiger partial charge in [-0.05, 0) is 30.5 Å². The third kappa shape index (κ3) is 3.92. The highest BCUT2D eigenvalue weighted by atomic mass is 79.9. The lowest BCUT2D eigenvalue weighted by molar-refractivity contribution is 0.0102. The molecular formula is C14H20BrClN2O. The van der Waals surface area contributed by atoms with Crippen molar-refractivity contribution in [2.45, 2.75) is 31.5 Å². The first-order valence-corrected chi connectivity index (χ1v) is 7.72. The molecule has 0 aliphatic carbocycles. The van der Waals surface area contributed by atoms with Crippen LogP contribution in [0, 0.1) is 0 Å². The molecule has 0 amide bonds. The van der Waals surface area contributed by atoms with Crippen LogP contribution in [0.5, 0.6) is 0 Å². The summed E-state index contributed by atoms with van der Waals surface area (Å²) in [5.41, 5.74) is 7.04. The van der Waals surface area contributed by atoms with E-state index in [2.05, 4.69) is 26.9 Å². The van der Waals surface area contributed by atoms with Crippen molar-refractivity contribution in [1.29, 1.82) is 0 Å². The maximum absolute atomic E-state index is 6.28. The number of methoxy groups -OCH3 is 1. The molecule has 0 bridgehead atoms. The minimum Gasteiger partial charge on any atom is -0.381 e. The molecule has 1 aliphatic rings. The molecule has 19 heavy (non-hydrogen) atoms. The molecule has 5 heteroatoms. The molecule has 0 spiro atoms. The van der Waals surface area contributed by atoms with Crippen molar-refractivity contribution < 1.29 is 4.74 Å². The Morgan fingerprint density at radius 3 is 2.95 bits per heavy atom. The van der Waals surface area contributed by atoms with E-state index in [1.165, 1.54) is 0 Å². The second-order valence-corrected chi connectivity index (χ2v) is 6.30. The molecule has 1 saturated heterocycles. The first-order valence-electron chi connectivity index (χ1n) is 6.55. The summed E-state index contributed by atoms with van der Waals surface area (Å²) < 4.78 is 6.46. The second kappa shape index (κ2) is 7.04. The van der Waals surface area contributed by atoms with Crippen LogP contribution in [0.4, 0.5) is 0 Å². The van der Waals surface area contributed by atoms with Gasteiger partial charge >= 0.3 is 0 Å². The number of rotatable bonds is 4. The minimum absolute atomic E-state index is 0.338. The molecular weight excluding hydrogens is 328 g/mol. The van der Waals surface area contributed by atoms with Crippen molar-refractivity contribution in [1.82, 2.24) is 4.90 Å². The Kier molecular flexibility index (Phi) is 5.66. The van der Waals surface area contributed by atoms with Gasteiger partial charge in [-0.1, -0.05) is 33.6 Å². The maximum Gasteiger partial charge on any atom is 0.0599 e. The number of hydrogen-bond donors (Lipinski definition) is 1. The van der Waals surface area contributed by atoms with Gasteiger partial charge in [0.1, 0.15) is 0 Å². The molecule has 1 aromatic carbocycles. The van der Waals surface area contributed by atoms with E-state index in [0.717, 1.165) is 41.0 Å². The lowest BCUT2D eigenvalue weighted by Gasteiger charge is -2.38. The Morgan fingerprint density at radius 2 is 2.32 bits per heavy atom. The molecule has 1 aromatic rings. The summed E-state index contributed by atoms with van der Waals surface area (Å²) in [6, 6.07) is 6.41. The molecule has 3 nitrogen and oxygen atoms in total. The molecule has 0 radical (unpaired) electrons. The molecule has 0 saturated carbocycles. The van der Waals surface area contributed by atoms with E-state index in [-0.39, 0.29) is 0 Å². The van der Waals surface area contributed by atoms with E-state index in [4.69, 9.17) is 22.1 Å². The van der Waals surface area contributed by atoms with Crippen molar-refractivity contribution in [2.75, 3.05) is 20.2 Å². The Bertz CT molecular complexity index is 430. The largest absolute Gasteiger partial charge is 0.381 e. The highest BCUT2D eigenvalue weighted by Gasteiger charge is 2.27. The molecule has 0 aromatic heterocycles. The van der Waals surface area contributed by atoms with Gasteiger partial charge in [0.05, 0.1) is 6.10 Å². The van der Waals surface area contributed by atoms with Crippen LogP contribution in [0.3, 0.4) is 0 Å². The van der Waals surface area contributed by atoms with Gasteiger partial charge in [0.25, 0.3) is 0 Å². The van der Waals surface area contributed by atoms with Crippen molar-refractivity contribution in [3.8, 4) is 0 Å². The van der Waals surface area contributed by atoms with Crippen LogP contribution in [0.25, 0.3) is 0 Å². The van der Waals surface area contributed by atoms with Gasteiger partial charge in [-0.25, -0.2) is 0 Å². The molecule has 1 fully saturated rings. The number of ether oxygens (including phenoxy) is 1. The minimum atomic E-state index is 0.338. The molecule has 106 valence electrons. The zero-order chi connectivity index (χ0) is 13.8. The Labute approximate surface area is 128 Å². The topological polar surface area (TPSA) is 38.5 Å². The SMILES string of the molecule is COC1CCN(Cc2ccc(Br)cc2Cl)C(CN)C1. The van der Waals surface area contributed by atoms with Crippen LogP contribution in [0.15, 0.2) is 22.7 Å². The van der Waals surface area contributed by atoms with E-state index in [1.54, 1.807) is 7.11 Å². The summed E-state index contributed by atoms with van der Waals surface area (Å²) in [5.74, 6) is 0. The van der Waals surface area contributed by atoms with E-state index < -0.39 is 0 Å². The van der Waals surface area contributed by atoms with Crippen LogP contribution < -0.4 is 5.73 Å². The van der Waals surface area contributed by atoms with Crippen molar-refractivity contribution in [3.05, 3.63) is 33.3 Å². The fourth-order valence-corrected chi connectivity index (χ4v) is 3.33. The zero-order valence-electron chi connectivity index (χ0n) is 11.1. The van der Waals surface area contributed by atoms with Crippen LogP contribution in [0.1, 0.15) is 18.4 Å². The summed E-state index contributed by atoms with van der Waals surface area (Å²) in [5, 5.41) is 0.805. The average Bonchev–Trinajstić information content (AvgIpc) is 2.42. The van der Waals surface area contributed by atoms with Gasteiger partial charge < -0.3 is 10.5 Å². The summed E-state index contributed by atoms with van der Waals surface area (Å²) in [6.07, 6.45) is 2.40. The monoisotopic (exact) mass is 346 g/mol. The summed E-state index contributed by atoms with van der Waals surface area (Å²) in [6.45, 7) is 2.52. The Morgan fingerprint density at radius 1 is 1.53 bits per heavy atom. The number of piperidine rings is 1. The number of likely N-dealkylation sites (tertiary alicyclic amines) is 1. The first kappa shape index (κ1) is 15.3. The number of hydrogen-bond acceptors (Lipinski definition) is 3.